The molecule has 3 rings (SSSR count). The Labute approximate surface area is 159 Å². The first-order valence-corrected chi connectivity index (χ1v) is 10.8. The molecule has 1 aliphatic heterocycles. The fourth-order valence-corrected chi connectivity index (χ4v) is 4.91. The molecule has 1 atom stereocenters. The van der Waals surface area contributed by atoms with Crippen LogP contribution in [0, 0.1) is 6.92 Å². The van der Waals surface area contributed by atoms with E-state index in [4.69, 9.17) is 0 Å². The van der Waals surface area contributed by atoms with E-state index in [1.807, 2.05) is 43.0 Å². The van der Waals surface area contributed by atoms with Gasteiger partial charge in [-0.15, -0.1) is 0 Å². The van der Waals surface area contributed by atoms with E-state index in [2.05, 4.69) is 15.3 Å². The number of aryl methyl sites for hydroxylation is 1. The van der Waals surface area contributed by atoms with E-state index in [0.717, 1.165) is 5.56 Å². The maximum Gasteiger partial charge on any atom is 0.270 e. The first kappa shape index (κ1) is 19.3. The number of amides is 1. The Morgan fingerprint density at radius 3 is 2.63 bits per heavy atom. The summed E-state index contributed by atoms with van der Waals surface area (Å²) in [6.45, 7) is 4.93. The van der Waals surface area contributed by atoms with Crippen LogP contribution in [0.2, 0.25) is 0 Å². The number of aromatic nitrogens is 2. The van der Waals surface area contributed by atoms with Gasteiger partial charge in [-0.1, -0.05) is 29.8 Å². The summed E-state index contributed by atoms with van der Waals surface area (Å²) in [6.07, 6.45) is 2.10. The summed E-state index contributed by atoms with van der Waals surface area (Å²) in [5.74, 6) is 0.399. The highest BCUT2D eigenvalue weighted by atomic mass is 32.2. The maximum atomic E-state index is 12.5. The molecular weight excluding hydrogens is 364 g/mol. The first-order chi connectivity index (χ1) is 12.9. The molecule has 1 unspecified atom stereocenters. The Morgan fingerprint density at radius 1 is 1.26 bits per heavy atom. The molecule has 1 amide bonds. The molecule has 0 aliphatic carbocycles. The topological polar surface area (TPSA) is 92.3 Å². The van der Waals surface area contributed by atoms with Gasteiger partial charge in [0.15, 0.2) is 9.84 Å². The average Bonchev–Trinajstić information content (AvgIpc) is 3.01. The number of sulfone groups is 1. The van der Waals surface area contributed by atoms with Crippen LogP contribution in [0.4, 0.5) is 5.95 Å². The van der Waals surface area contributed by atoms with Crippen molar-refractivity contribution < 1.29 is 13.2 Å². The van der Waals surface area contributed by atoms with E-state index in [1.54, 1.807) is 6.07 Å². The van der Waals surface area contributed by atoms with Gasteiger partial charge in [-0.25, -0.2) is 18.4 Å². The van der Waals surface area contributed by atoms with Crippen LogP contribution >= 0.6 is 0 Å². The van der Waals surface area contributed by atoms with Crippen LogP contribution in [-0.4, -0.2) is 48.4 Å². The summed E-state index contributed by atoms with van der Waals surface area (Å²) >= 11 is 0. The second-order valence-electron chi connectivity index (χ2n) is 6.75. The molecule has 1 aromatic carbocycles. The van der Waals surface area contributed by atoms with Gasteiger partial charge in [-0.2, -0.15) is 0 Å². The second kappa shape index (κ2) is 8.04. The zero-order valence-corrected chi connectivity index (χ0v) is 16.4. The zero-order chi connectivity index (χ0) is 19.4. The Hall–Kier alpha value is -2.48. The van der Waals surface area contributed by atoms with Crippen LogP contribution in [0.15, 0.2) is 36.5 Å². The lowest BCUT2D eigenvalue weighted by Crippen LogP contribution is -2.37. The van der Waals surface area contributed by atoms with Crippen molar-refractivity contribution in [1.29, 1.82) is 0 Å². The molecule has 8 heteroatoms. The molecule has 1 fully saturated rings. The SMILES string of the molecule is CCN(c1nccc(C(=O)NCc2ccc(C)cc2)n1)C1CCS(=O)(=O)C1. The second-order valence-corrected chi connectivity index (χ2v) is 8.98. The number of nitrogens with one attached hydrogen (secondary N) is 1. The number of carbonyl (C=O) groups is 1. The third-order valence-corrected chi connectivity index (χ3v) is 6.45. The molecule has 144 valence electrons. The molecule has 1 N–H and O–H groups in total. The van der Waals surface area contributed by atoms with Crippen LogP contribution in [0.3, 0.4) is 0 Å². The van der Waals surface area contributed by atoms with E-state index in [1.165, 1.54) is 11.8 Å². The van der Waals surface area contributed by atoms with Gasteiger partial charge in [0.2, 0.25) is 5.95 Å². The standard InChI is InChI=1S/C19H24N4O3S/c1-3-23(16-9-11-27(25,26)13-16)19-20-10-8-17(22-19)18(24)21-12-15-6-4-14(2)5-7-15/h4-8,10,16H,3,9,11-13H2,1-2H3,(H,21,24). The Morgan fingerprint density at radius 2 is 2.00 bits per heavy atom. The fourth-order valence-electron chi connectivity index (χ4n) is 3.18. The average molecular weight is 388 g/mol. The summed E-state index contributed by atoms with van der Waals surface area (Å²) in [6, 6.07) is 9.36. The third-order valence-electron chi connectivity index (χ3n) is 4.70. The molecule has 1 saturated heterocycles. The molecule has 0 spiro atoms. The lowest BCUT2D eigenvalue weighted by atomic mass is 10.1. The lowest BCUT2D eigenvalue weighted by Gasteiger charge is -2.26. The van der Waals surface area contributed by atoms with E-state index in [-0.39, 0.29) is 29.1 Å². The third kappa shape index (κ3) is 4.82. The van der Waals surface area contributed by atoms with Crippen LogP contribution < -0.4 is 10.2 Å². The van der Waals surface area contributed by atoms with Crippen LogP contribution in [0.5, 0.6) is 0 Å². The monoisotopic (exact) mass is 388 g/mol. The van der Waals surface area contributed by atoms with Crippen molar-refractivity contribution in [2.45, 2.75) is 32.9 Å². The predicted octanol–water partition coefficient (Wildman–Crippen LogP) is 1.73. The fraction of sp³-hybridized carbons (Fsp3) is 0.421. The van der Waals surface area contributed by atoms with Gasteiger partial charge in [-0.05, 0) is 31.9 Å². The van der Waals surface area contributed by atoms with Crippen molar-refractivity contribution in [3.63, 3.8) is 0 Å². The van der Waals surface area contributed by atoms with Crippen molar-refractivity contribution in [3.8, 4) is 0 Å². The summed E-state index contributed by atoms with van der Waals surface area (Å²) < 4.78 is 23.6. The Balaban J connectivity index is 1.70. The summed E-state index contributed by atoms with van der Waals surface area (Å²) in [5, 5.41) is 2.86. The molecule has 27 heavy (non-hydrogen) atoms. The minimum absolute atomic E-state index is 0.105. The van der Waals surface area contributed by atoms with Crippen molar-refractivity contribution in [2.75, 3.05) is 23.0 Å². The molecule has 1 aliphatic rings. The Kier molecular flexibility index (Phi) is 5.74. The quantitative estimate of drug-likeness (QED) is 0.810. The molecule has 1 aromatic heterocycles. The lowest BCUT2D eigenvalue weighted by molar-refractivity contribution is 0.0945. The van der Waals surface area contributed by atoms with E-state index in [9.17, 15) is 13.2 Å². The number of rotatable bonds is 6. The minimum atomic E-state index is -3.00. The molecule has 0 bridgehead atoms. The highest BCUT2D eigenvalue weighted by Crippen LogP contribution is 2.21. The molecular formula is C19H24N4O3S. The first-order valence-electron chi connectivity index (χ1n) is 9.02. The summed E-state index contributed by atoms with van der Waals surface area (Å²) in [5.41, 5.74) is 2.44. The van der Waals surface area contributed by atoms with Crippen molar-refractivity contribution in [3.05, 3.63) is 53.3 Å². The minimum Gasteiger partial charge on any atom is -0.347 e. The molecule has 2 heterocycles. The van der Waals surface area contributed by atoms with Gasteiger partial charge in [0.05, 0.1) is 11.5 Å². The number of hydrogen-bond donors (Lipinski definition) is 1. The van der Waals surface area contributed by atoms with E-state index < -0.39 is 9.84 Å². The van der Waals surface area contributed by atoms with Crippen LogP contribution in [-0.2, 0) is 16.4 Å². The largest absolute Gasteiger partial charge is 0.347 e. The molecule has 2 aromatic rings. The van der Waals surface area contributed by atoms with E-state index in [0.29, 0.717) is 25.5 Å². The summed E-state index contributed by atoms with van der Waals surface area (Å²) in [7, 11) is -3.00. The maximum absolute atomic E-state index is 12.5. The highest BCUT2D eigenvalue weighted by Gasteiger charge is 2.33. The Bertz CT molecular complexity index is 913. The zero-order valence-electron chi connectivity index (χ0n) is 15.6. The molecule has 7 nitrogen and oxygen atoms in total. The summed E-state index contributed by atoms with van der Waals surface area (Å²) in [4.78, 5) is 22.9. The number of hydrogen-bond acceptors (Lipinski definition) is 6. The smallest absolute Gasteiger partial charge is 0.270 e. The van der Waals surface area contributed by atoms with Crippen LogP contribution in [0.25, 0.3) is 0 Å². The van der Waals surface area contributed by atoms with Gasteiger partial charge >= 0.3 is 0 Å². The van der Waals surface area contributed by atoms with Gasteiger partial charge in [-0.3, -0.25) is 4.79 Å². The number of benzene rings is 1. The van der Waals surface area contributed by atoms with Crippen molar-refractivity contribution in [2.24, 2.45) is 0 Å². The predicted molar refractivity (Wildman–Crippen MR) is 104 cm³/mol. The van der Waals surface area contributed by atoms with Gasteiger partial charge in [0.1, 0.15) is 5.69 Å². The van der Waals surface area contributed by atoms with Gasteiger partial charge < -0.3 is 10.2 Å². The van der Waals surface area contributed by atoms with Crippen molar-refractivity contribution in [1.82, 2.24) is 15.3 Å². The van der Waals surface area contributed by atoms with E-state index >= 15 is 0 Å². The highest BCUT2D eigenvalue weighted by molar-refractivity contribution is 7.91. The number of carbonyl (C=O) groups excluding carboxylic acids is 1. The molecule has 0 saturated carbocycles. The molecule has 0 radical (unpaired) electrons. The number of nitrogens with zero attached hydrogens (tertiary/aromatic N) is 3. The normalized spacial score (nSPS) is 18.2. The van der Waals surface area contributed by atoms with Gasteiger partial charge in [0, 0.05) is 25.3 Å². The number of anilines is 1. The van der Waals surface area contributed by atoms with Crippen molar-refractivity contribution >= 4 is 21.7 Å². The van der Waals surface area contributed by atoms with Gasteiger partial charge in [0.25, 0.3) is 5.91 Å². The van der Waals surface area contributed by atoms with Crippen LogP contribution in [0.1, 0.15) is 35.0 Å².